The van der Waals surface area contributed by atoms with Crippen LogP contribution in [-0.2, 0) is 11.2 Å². The number of likely N-dealkylation sites (tertiary alicyclic amines) is 1. The summed E-state index contributed by atoms with van der Waals surface area (Å²) in [5.74, 6) is 0.265. The molecule has 1 amide bonds. The average molecular weight is 287 g/mol. The monoisotopic (exact) mass is 287 g/mol. The Labute approximate surface area is 127 Å². The van der Waals surface area contributed by atoms with Gasteiger partial charge in [-0.2, -0.15) is 0 Å². The van der Waals surface area contributed by atoms with Crippen molar-refractivity contribution in [3.63, 3.8) is 0 Å². The first-order chi connectivity index (χ1) is 10.2. The lowest BCUT2D eigenvalue weighted by atomic mass is 10.1. The molecule has 0 spiro atoms. The zero-order valence-electron chi connectivity index (χ0n) is 13.0. The quantitative estimate of drug-likeness (QED) is 0.919. The van der Waals surface area contributed by atoms with Crippen LogP contribution in [0, 0.1) is 0 Å². The van der Waals surface area contributed by atoms with Crippen molar-refractivity contribution in [2.24, 2.45) is 0 Å². The number of rotatable bonds is 4. The van der Waals surface area contributed by atoms with Crippen LogP contribution in [0.4, 0.5) is 5.69 Å². The highest BCUT2D eigenvalue weighted by Gasteiger charge is 2.35. The van der Waals surface area contributed by atoms with Crippen LogP contribution in [0.3, 0.4) is 0 Å². The van der Waals surface area contributed by atoms with Gasteiger partial charge in [-0.25, -0.2) is 0 Å². The number of carbonyl (C=O) groups is 1. The number of carbonyl (C=O) groups excluding carboxylic acids is 1. The van der Waals surface area contributed by atoms with E-state index in [9.17, 15) is 4.79 Å². The second-order valence-electron chi connectivity index (χ2n) is 6.01. The van der Waals surface area contributed by atoms with E-state index in [1.165, 1.54) is 5.56 Å². The number of benzene rings is 1. The van der Waals surface area contributed by atoms with Gasteiger partial charge in [-0.15, -0.1) is 0 Å². The molecule has 2 atom stereocenters. The van der Waals surface area contributed by atoms with Crippen LogP contribution < -0.4 is 5.32 Å². The third-order valence-corrected chi connectivity index (χ3v) is 4.87. The zero-order valence-corrected chi connectivity index (χ0v) is 13.0. The number of amides is 1. The standard InChI is InChI=1S/C17H25N3O/c1-3-19(4-2)14-9-10-20(12-14)17(21)16-11-13-7-5-6-8-15(13)18-16/h5-8,14,16,18H,3-4,9-12H2,1-2H3. The Balaban J connectivity index is 1.61. The predicted octanol–water partition coefficient (Wildman–Crippen LogP) is 1.97. The molecule has 0 aliphatic carbocycles. The lowest BCUT2D eigenvalue weighted by molar-refractivity contribution is -0.131. The largest absolute Gasteiger partial charge is 0.373 e. The van der Waals surface area contributed by atoms with Gasteiger partial charge >= 0.3 is 0 Å². The summed E-state index contributed by atoms with van der Waals surface area (Å²) >= 11 is 0. The molecule has 0 aromatic heterocycles. The second kappa shape index (κ2) is 6.06. The minimum Gasteiger partial charge on any atom is -0.373 e. The molecule has 1 aromatic rings. The van der Waals surface area contributed by atoms with Crippen molar-refractivity contribution in [1.29, 1.82) is 0 Å². The number of para-hydroxylation sites is 1. The van der Waals surface area contributed by atoms with Gasteiger partial charge in [-0.1, -0.05) is 32.0 Å². The zero-order chi connectivity index (χ0) is 14.8. The van der Waals surface area contributed by atoms with Crippen LogP contribution >= 0.6 is 0 Å². The van der Waals surface area contributed by atoms with Crippen molar-refractivity contribution in [2.45, 2.75) is 38.8 Å². The third-order valence-electron chi connectivity index (χ3n) is 4.87. The maximum absolute atomic E-state index is 12.7. The van der Waals surface area contributed by atoms with E-state index in [1.807, 2.05) is 17.0 Å². The van der Waals surface area contributed by atoms with E-state index in [4.69, 9.17) is 0 Å². The van der Waals surface area contributed by atoms with Gasteiger partial charge in [0.25, 0.3) is 0 Å². The molecule has 1 N–H and O–H groups in total. The highest BCUT2D eigenvalue weighted by Crippen LogP contribution is 2.27. The van der Waals surface area contributed by atoms with Gasteiger partial charge in [0.1, 0.15) is 6.04 Å². The van der Waals surface area contributed by atoms with Gasteiger partial charge < -0.3 is 10.2 Å². The summed E-state index contributed by atoms with van der Waals surface area (Å²) in [6, 6.07) is 8.69. The number of hydrogen-bond acceptors (Lipinski definition) is 3. The fraction of sp³-hybridized carbons (Fsp3) is 0.588. The first-order valence-electron chi connectivity index (χ1n) is 8.10. The molecule has 4 heteroatoms. The van der Waals surface area contributed by atoms with E-state index in [1.54, 1.807) is 0 Å². The first kappa shape index (κ1) is 14.4. The molecular weight excluding hydrogens is 262 g/mol. The maximum atomic E-state index is 12.7. The molecule has 21 heavy (non-hydrogen) atoms. The van der Waals surface area contributed by atoms with Crippen molar-refractivity contribution in [3.8, 4) is 0 Å². The molecule has 2 unspecified atom stereocenters. The Morgan fingerprint density at radius 1 is 1.33 bits per heavy atom. The molecule has 1 fully saturated rings. The summed E-state index contributed by atoms with van der Waals surface area (Å²) in [6.07, 6.45) is 1.93. The Morgan fingerprint density at radius 3 is 2.81 bits per heavy atom. The van der Waals surface area contributed by atoms with Crippen LogP contribution in [0.2, 0.25) is 0 Å². The molecule has 2 heterocycles. The van der Waals surface area contributed by atoms with Crippen molar-refractivity contribution in [3.05, 3.63) is 29.8 Å². The predicted molar refractivity (Wildman–Crippen MR) is 85.5 cm³/mol. The average Bonchev–Trinajstić information content (AvgIpc) is 3.14. The molecule has 1 saturated heterocycles. The minimum atomic E-state index is -0.0714. The number of anilines is 1. The van der Waals surface area contributed by atoms with Gasteiger partial charge in [0, 0.05) is 31.2 Å². The van der Waals surface area contributed by atoms with Crippen molar-refractivity contribution < 1.29 is 4.79 Å². The minimum absolute atomic E-state index is 0.0714. The molecule has 4 nitrogen and oxygen atoms in total. The normalized spacial score (nSPS) is 24.2. The summed E-state index contributed by atoms with van der Waals surface area (Å²) in [7, 11) is 0. The molecule has 1 aromatic carbocycles. The molecular formula is C17H25N3O. The Bertz CT molecular complexity index is 488. The topological polar surface area (TPSA) is 35.6 Å². The van der Waals surface area contributed by atoms with Gasteiger partial charge in [-0.05, 0) is 31.1 Å². The summed E-state index contributed by atoms with van der Waals surface area (Å²) in [4.78, 5) is 17.2. The number of likely N-dealkylation sites (N-methyl/N-ethyl adjacent to an activating group) is 1. The van der Waals surface area contributed by atoms with Crippen LogP contribution in [0.15, 0.2) is 24.3 Å². The van der Waals surface area contributed by atoms with E-state index < -0.39 is 0 Å². The number of nitrogens with zero attached hydrogens (tertiary/aromatic N) is 2. The van der Waals surface area contributed by atoms with E-state index in [0.717, 1.165) is 44.7 Å². The van der Waals surface area contributed by atoms with Crippen molar-refractivity contribution in [2.75, 3.05) is 31.5 Å². The van der Waals surface area contributed by atoms with Gasteiger partial charge in [0.15, 0.2) is 0 Å². The lowest BCUT2D eigenvalue weighted by Crippen LogP contribution is -2.43. The molecule has 2 aliphatic heterocycles. The van der Waals surface area contributed by atoms with Crippen LogP contribution in [0.1, 0.15) is 25.8 Å². The first-order valence-corrected chi connectivity index (χ1v) is 8.10. The smallest absolute Gasteiger partial charge is 0.245 e. The van der Waals surface area contributed by atoms with E-state index in [-0.39, 0.29) is 11.9 Å². The number of fused-ring (bicyclic) bond motifs is 1. The van der Waals surface area contributed by atoms with Gasteiger partial charge in [-0.3, -0.25) is 9.69 Å². The van der Waals surface area contributed by atoms with E-state index in [0.29, 0.717) is 6.04 Å². The maximum Gasteiger partial charge on any atom is 0.245 e. The lowest BCUT2D eigenvalue weighted by Gasteiger charge is -2.27. The highest BCUT2D eigenvalue weighted by molar-refractivity contribution is 5.87. The van der Waals surface area contributed by atoms with Crippen LogP contribution in [0.5, 0.6) is 0 Å². The molecule has 0 radical (unpaired) electrons. The fourth-order valence-electron chi connectivity index (χ4n) is 3.65. The van der Waals surface area contributed by atoms with Crippen molar-refractivity contribution >= 4 is 11.6 Å². The Hall–Kier alpha value is -1.55. The van der Waals surface area contributed by atoms with Crippen molar-refractivity contribution in [1.82, 2.24) is 9.80 Å². The van der Waals surface area contributed by atoms with Gasteiger partial charge in [0.2, 0.25) is 5.91 Å². The van der Waals surface area contributed by atoms with Gasteiger partial charge in [0.05, 0.1) is 0 Å². The summed E-state index contributed by atoms with van der Waals surface area (Å²) < 4.78 is 0. The summed E-state index contributed by atoms with van der Waals surface area (Å²) in [5.41, 5.74) is 2.38. The van der Waals surface area contributed by atoms with E-state index >= 15 is 0 Å². The second-order valence-corrected chi connectivity index (χ2v) is 6.01. The number of nitrogens with one attached hydrogen (secondary N) is 1. The Morgan fingerprint density at radius 2 is 2.10 bits per heavy atom. The molecule has 3 rings (SSSR count). The SMILES string of the molecule is CCN(CC)C1CCN(C(=O)C2Cc3ccccc3N2)C1. The van der Waals surface area contributed by atoms with Crippen LogP contribution in [0.25, 0.3) is 0 Å². The Kier molecular flexibility index (Phi) is 4.15. The third kappa shape index (κ3) is 2.77. The fourth-order valence-corrected chi connectivity index (χ4v) is 3.65. The van der Waals surface area contributed by atoms with Crippen LogP contribution in [-0.4, -0.2) is 54.0 Å². The summed E-state index contributed by atoms with van der Waals surface area (Å²) in [5, 5.41) is 3.38. The number of hydrogen-bond donors (Lipinski definition) is 1. The molecule has 0 bridgehead atoms. The van der Waals surface area contributed by atoms with E-state index in [2.05, 4.69) is 36.2 Å². The molecule has 114 valence electrons. The molecule has 2 aliphatic rings. The molecule has 0 saturated carbocycles. The summed E-state index contributed by atoms with van der Waals surface area (Å²) in [6.45, 7) is 8.31. The highest BCUT2D eigenvalue weighted by atomic mass is 16.2.